The van der Waals surface area contributed by atoms with Gasteiger partial charge in [-0.3, -0.25) is 4.79 Å². The Labute approximate surface area is 95.4 Å². The van der Waals surface area contributed by atoms with Crippen molar-refractivity contribution in [1.29, 1.82) is 0 Å². The highest BCUT2D eigenvalue weighted by Crippen LogP contribution is 2.24. The van der Waals surface area contributed by atoms with Gasteiger partial charge in [-0.25, -0.2) is 0 Å². The Bertz CT molecular complexity index is 358. The molecule has 16 heavy (non-hydrogen) atoms. The number of hydrogen-bond donors (Lipinski definition) is 1. The molecule has 0 aromatic heterocycles. The maximum Gasteiger partial charge on any atom is 0.387 e. The first-order chi connectivity index (χ1) is 7.59. The van der Waals surface area contributed by atoms with Crippen molar-refractivity contribution in [2.24, 2.45) is 0 Å². The van der Waals surface area contributed by atoms with Crippen LogP contribution in [0.3, 0.4) is 0 Å². The molecule has 0 aliphatic heterocycles. The minimum absolute atomic E-state index is 0.0665. The van der Waals surface area contributed by atoms with Crippen molar-refractivity contribution in [1.82, 2.24) is 0 Å². The highest BCUT2D eigenvalue weighted by molar-refractivity contribution is 7.99. The molecule has 3 nitrogen and oxygen atoms in total. The van der Waals surface area contributed by atoms with Gasteiger partial charge in [-0.1, -0.05) is 18.2 Å². The molecule has 0 aliphatic carbocycles. The van der Waals surface area contributed by atoms with Crippen LogP contribution in [0.2, 0.25) is 0 Å². The largest absolute Gasteiger partial charge is 0.481 e. The maximum atomic E-state index is 12.0. The first-order valence-corrected chi connectivity index (χ1v) is 5.57. The van der Waals surface area contributed by atoms with Gasteiger partial charge in [-0.2, -0.15) is 8.78 Å². The van der Waals surface area contributed by atoms with E-state index < -0.39 is 12.6 Å². The third-order valence-corrected chi connectivity index (χ3v) is 2.64. The minimum atomic E-state index is -2.87. The lowest BCUT2D eigenvalue weighted by Gasteiger charge is -2.09. The number of alkyl halides is 2. The number of carboxylic acid groups (broad SMARTS) is 1. The van der Waals surface area contributed by atoms with Crippen LogP contribution in [0.1, 0.15) is 5.56 Å². The molecule has 1 aromatic rings. The molecule has 0 saturated heterocycles. The highest BCUT2D eigenvalue weighted by Gasteiger charge is 2.09. The second-order valence-electron chi connectivity index (χ2n) is 2.87. The van der Waals surface area contributed by atoms with Crippen LogP contribution in [-0.4, -0.2) is 23.4 Å². The molecule has 6 heteroatoms. The van der Waals surface area contributed by atoms with E-state index in [1.807, 2.05) is 0 Å². The molecule has 88 valence electrons. The van der Waals surface area contributed by atoms with Gasteiger partial charge in [0.15, 0.2) is 0 Å². The van der Waals surface area contributed by atoms with Crippen LogP contribution in [0.25, 0.3) is 0 Å². The number of ether oxygens (including phenoxy) is 1. The summed E-state index contributed by atoms with van der Waals surface area (Å²) in [5.41, 5.74) is 0.564. The van der Waals surface area contributed by atoms with E-state index in [0.29, 0.717) is 11.3 Å². The van der Waals surface area contributed by atoms with E-state index in [-0.39, 0.29) is 11.5 Å². The van der Waals surface area contributed by atoms with Gasteiger partial charge < -0.3 is 9.84 Å². The van der Waals surface area contributed by atoms with Gasteiger partial charge in [0.2, 0.25) is 0 Å². The predicted octanol–water partition coefficient (Wildman–Crippen LogP) is 2.61. The van der Waals surface area contributed by atoms with Crippen molar-refractivity contribution < 1.29 is 23.4 Å². The molecule has 1 aromatic carbocycles. The highest BCUT2D eigenvalue weighted by atomic mass is 32.2. The number of para-hydroxylation sites is 1. The van der Waals surface area contributed by atoms with E-state index in [0.717, 1.165) is 11.8 Å². The second-order valence-corrected chi connectivity index (χ2v) is 3.86. The fraction of sp³-hybridized carbons (Fsp3) is 0.300. The molecular weight excluding hydrogens is 238 g/mol. The Hall–Kier alpha value is -1.30. The Morgan fingerprint density at radius 1 is 1.44 bits per heavy atom. The second kappa shape index (κ2) is 6.32. The molecule has 0 saturated carbocycles. The third-order valence-electron chi connectivity index (χ3n) is 1.67. The molecule has 0 aliphatic rings. The zero-order chi connectivity index (χ0) is 12.0. The molecular formula is C10H10F2O3S. The van der Waals surface area contributed by atoms with Gasteiger partial charge in [-0.15, -0.1) is 11.8 Å². The van der Waals surface area contributed by atoms with Crippen LogP contribution < -0.4 is 4.74 Å². The van der Waals surface area contributed by atoms with Gasteiger partial charge in [-0.05, 0) is 6.07 Å². The van der Waals surface area contributed by atoms with Crippen LogP contribution in [-0.2, 0) is 10.5 Å². The summed E-state index contributed by atoms with van der Waals surface area (Å²) in [7, 11) is 0. The Balaban J connectivity index is 2.60. The first kappa shape index (κ1) is 12.8. The quantitative estimate of drug-likeness (QED) is 0.840. The van der Waals surface area contributed by atoms with Gasteiger partial charge in [0, 0.05) is 11.3 Å². The number of carboxylic acids is 1. The summed E-state index contributed by atoms with van der Waals surface area (Å²) in [4.78, 5) is 10.3. The zero-order valence-electron chi connectivity index (χ0n) is 8.23. The zero-order valence-corrected chi connectivity index (χ0v) is 9.05. The lowest BCUT2D eigenvalue weighted by Crippen LogP contribution is -2.04. The summed E-state index contributed by atoms with van der Waals surface area (Å²) in [6, 6.07) is 6.34. The summed E-state index contributed by atoms with van der Waals surface area (Å²) in [5, 5.41) is 8.43. The van der Waals surface area contributed by atoms with Gasteiger partial charge >= 0.3 is 12.6 Å². The topological polar surface area (TPSA) is 46.5 Å². The van der Waals surface area contributed by atoms with Gasteiger partial charge in [0.1, 0.15) is 5.75 Å². The van der Waals surface area contributed by atoms with Crippen molar-refractivity contribution in [2.75, 3.05) is 5.75 Å². The van der Waals surface area contributed by atoms with Gasteiger partial charge in [0.05, 0.1) is 5.75 Å². The number of thioether (sulfide) groups is 1. The smallest absolute Gasteiger partial charge is 0.387 e. The molecule has 0 bridgehead atoms. The molecule has 0 radical (unpaired) electrons. The minimum Gasteiger partial charge on any atom is -0.481 e. The molecule has 0 amide bonds. The van der Waals surface area contributed by atoms with Crippen molar-refractivity contribution in [3.05, 3.63) is 29.8 Å². The fourth-order valence-corrected chi connectivity index (χ4v) is 1.82. The molecule has 0 atom stereocenters. The predicted molar refractivity (Wildman–Crippen MR) is 56.9 cm³/mol. The average molecular weight is 248 g/mol. The van der Waals surface area contributed by atoms with Crippen LogP contribution in [0.4, 0.5) is 8.78 Å². The maximum absolute atomic E-state index is 12.0. The van der Waals surface area contributed by atoms with Crippen LogP contribution in [0.15, 0.2) is 24.3 Å². The summed E-state index contributed by atoms with van der Waals surface area (Å²) in [6.45, 7) is -2.87. The number of benzene rings is 1. The number of carbonyl (C=O) groups is 1. The van der Waals surface area contributed by atoms with E-state index in [9.17, 15) is 13.6 Å². The SMILES string of the molecule is O=C(O)CSCc1ccccc1OC(F)F. The van der Waals surface area contributed by atoms with Crippen molar-refractivity contribution in [2.45, 2.75) is 12.4 Å². The van der Waals surface area contributed by atoms with E-state index in [4.69, 9.17) is 5.11 Å². The Morgan fingerprint density at radius 2 is 2.12 bits per heavy atom. The fourth-order valence-electron chi connectivity index (χ4n) is 1.08. The third kappa shape index (κ3) is 4.48. The number of hydrogen-bond acceptors (Lipinski definition) is 3. The van der Waals surface area contributed by atoms with Crippen molar-refractivity contribution in [3.8, 4) is 5.75 Å². The normalized spacial score (nSPS) is 10.4. The molecule has 0 heterocycles. The van der Waals surface area contributed by atoms with E-state index >= 15 is 0 Å². The van der Waals surface area contributed by atoms with E-state index in [1.165, 1.54) is 6.07 Å². The molecule has 0 unspecified atom stereocenters. The van der Waals surface area contributed by atoms with Crippen LogP contribution >= 0.6 is 11.8 Å². The Morgan fingerprint density at radius 3 is 2.75 bits per heavy atom. The lowest BCUT2D eigenvalue weighted by molar-refractivity contribution is -0.133. The molecule has 1 rings (SSSR count). The Kier molecular flexibility index (Phi) is 5.04. The first-order valence-electron chi connectivity index (χ1n) is 4.42. The van der Waals surface area contributed by atoms with E-state index in [2.05, 4.69) is 4.74 Å². The van der Waals surface area contributed by atoms with Crippen LogP contribution in [0.5, 0.6) is 5.75 Å². The average Bonchev–Trinajstić information content (AvgIpc) is 2.19. The van der Waals surface area contributed by atoms with Crippen LogP contribution in [0, 0.1) is 0 Å². The molecule has 0 spiro atoms. The van der Waals surface area contributed by atoms with Crippen molar-refractivity contribution in [3.63, 3.8) is 0 Å². The monoisotopic (exact) mass is 248 g/mol. The molecule has 1 N–H and O–H groups in total. The summed E-state index contributed by atoms with van der Waals surface area (Å²) < 4.78 is 28.4. The summed E-state index contributed by atoms with van der Waals surface area (Å²) in [6.07, 6.45) is 0. The standard InChI is InChI=1S/C10H10F2O3S/c11-10(12)15-8-4-2-1-3-7(8)5-16-6-9(13)14/h1-4,10H,5-6H2,(H,13,14). The molecule has 0 fully saturated rings. The van der Waals surface area contributed by atoms with Gasteiger partial charge in [0.25, 0.3) is 0 Å². The van der Waals surface area contributed by atoms with Crippen molar-refractivity contribution >= 4 is 17.7 Å². The lowest BCUT2D eigenvalue weighted by atomic mass is 10.2. The number of aliphatic carboxylic acids is 1. The summed E-state index contributed by atoms with van der Waals surface area (Å²) >= 11 is 1.13. The summed E-state index contributed by atoms with van der Waals surface area (Å²) in [5.74, 6) is -0.578. The number of halogens is 2. The number of rotatable bonds is 6. The van der Waals surface area contributed by atoms with E-state index in [1.54, 1.807) is 18.2 Å².